The summed E-state index contributed by atoms with van der Waals surface area (Å²) in [6, 6.07) is 0. The zero-order chi connectivity index (χ0) is 12.5. The largest absolute Gasteiger partial charge is 0.388 e. The van der Waals surface area contributed by atoms with Crippen LogP contribution in [0.1, 0.15) is 13.8 Å². The number of hydrogen-bond donors (Lipinski definition) is 1. The van der Waals surface area contributed by atoms with Crippen LogP contribution in [0.15, 0.2) is 4.99 Å². The van der Waals surface area contributed by atoms with Crippen LogP contribution in [-0.4, -0.2) is 38.4 Å². The highest BCUT2D eigenvalue weighted by Crippen LogP contribution is 2.26. The van der Waals surface area contributed by atoms with E-state index >= 15 is 0 Å². The highest BCUT2D eigenvalue weighted by atomic mass is 28.3. The fourth-order valence-electron chi connectivity index (χ4n) is 1.63. The molecule has 0 saturated heterocycles. The van der Waals surface area contributed by atoms with Crippen molar-refractivity contribution in [3.8, 4) is 0 Å². The van der Waals surface area contributed by atoms with Crippen LogP contribution < -0.4 is 0 Å². The van der Waals surface area contributed by atoms with Crippen molar-refractivity contribution in [3.05, 3.63) is 0 Å². The Kier molecular flexibility index (Phi) is 4.53. The number of rotatable bonds is 4. The van der Waals surface area contributed by atoms with E-state index in [4.69, 9.17) is 0 Å². The van der Waals surface area contributed by atoms with Gasteiger partial charge in [0.2, 0.25) is 0 Å². The fraction of sp³-hybridized carbons (Fsp3) is 0.909. The van der Waals surface area contributed by atoms with Gasteiger partial charge in [-0.2, -0.15) is 0 Å². The van der Waals surface area contributed by atoms with Crippen molar-refractivity contribution in [2.24, 2.45) is 4.99 Å². The molecule has 2 nitrogen and oxygen atoms in total. The number of aliphatic hydroxyl groups is 1. The Bertz CT molecular complexity index is 246. The molecular weight excluding hydrogens is 218 g/mol. The summed E-state index contributed by atoms with van der Waals surface area (Å²) >= 11 is 0. The molecule has 0 aromatic rings. The summed E-state index contributed by atoms with van der Waals surface area (Å²) in [5.74, 6) is 0. The van der Waals surface area contributed by atoms with Crippen LogP contribution in [0.3, 0.4) is 0 Å². The third-order valence-corrected chi connectivity index (χ3v) is 8.42. The maximum absolute atomic E-state index is 10.7. The molecule has 0 heterocycles. The average molecular weight is 246 g/mol. The SMILES string of the molecule is CCN=C(C(C)(O)[Si](C)(C)C)[Si](C)(C)C. The summed E-state index contributed by atoms with van der Waals surface area (Å²) in [6.45, 7) is 18.2. The molecule has 4 heteroatoms. The quantitative estimate of drug-likeness (QED) is 0.599. The minimum absolute atomic E-state index is 0.659. The predicted molar refractivity (Wildman–Crippen MR) is 75.3 cm³/mol. The van der Waals surface area contributed by atoms with Gasteiger partial charge in [-0.25, -0.2) is 0 Å². The first-order valence-corrected chi connectivity index (χ1v) is 12.7. The van der Waals surface area contributed by atoms with E-state index in [-0.39, 0.29) is 0 Å². The van der Waals surface area contributed by atoms with Crippen LogP contribution >= 0.6 is 0 Å². The first-order chi connectivity index (χ1) is 6.44. The van der Waals surface area contributed by atoms with Crippen molar-refractivity contribution in [3.63, 3.8) is 0 Å². The molecular formula is C11H27NOSi2. The van der Waals surface area contributed by atoms with E-state index in [9.17, 15) is 5.11 Å². The van der Waals surface area contributed by atoms with Crippen molar-refractivity contribution >= 4 is 21.5 Å². The lowest BCUT2D eigenvalue weighted by Crippen LogP contribution is -2.62. The van der Waals surface area contributed by atoms with Gasteiger partial charge < -0.3 is 5.11 Å². The number of aliphatic imine (C=N–C) groups is 1. The van der Waals surface area contributed by atoms with Crippen LogP contribution in [-0.2, 0) is 0 Å². The van der Waals surface area contributed by atoms with Gasteiger partial charge in [0.05, 0.1) is 21.4 Å². The maximum Gasteiger partial charge on any atom is 0.0987 e. The Morgan fingerprint density at radius 2 is 1.53 bits per heavy atom. The van der Waals surface area contributed by atoms with Gasteiger partial charge in [-0.15, -0.1) is 0 Å². The highest BCUT2D eigenvalue weighted by molar-refractivity contribution is 7.09. The van der Waals surface area contributed by atoms with E-state index in [1.165, 1.54) is 0 Å². The second kappa shape index (κ2) is 4.51. The third-order valence-electron chi connectivity index (χ3n) is 2.95. The molecule has 15 heavy (non-hydrogen) atoms. The molecule has 0 fully saturated rings. The van der Waals surface area contributed by atoms with Crippen molar-refractivity contribution in [1.82, 2.24) is 0 Å². The van der Waals surface area contributed by atoms with Crippen molar-refractivity contribution in [2.45, 2.75) is 58.4 Å². The normalized spacial score (nSPS) is 18.9. The Morgan fingerprint density at radius 3 is 1.73 bits per heavy atom. The van der Waals surface area contributed by atoms with E-state index in [0.29, 0.717) is 0 Å². The molecule has 1 N–H and O–H groups in total. The monoisotopic (exact) mass is 245 g/mol. The Morgan fingerprint density at radius 1 is 1.13 bits per heavy atom. The van der Waals surface area contributed by atoms with Crippen molar-refractivity contribution in [1.29, 1.82) is 0 Å². The van der Waals surface area contributed by atoms with Crippen LogP contribution in [0.25, 0.3) is 0 Å². The van der Waals surface area contributed by atoms with Gasteiger partial charge in [0.1, 0.15) is 0 Å². The first kappa shape index (κ1) is 15.1. The third kappa shape index (κ3) is 3.53. The molecule has 90 valence electrons. The Hall–Kier alpha value is 0.0638. The summed E-state index contributed by atoms with van der Waals surface area (Å²) < 4.78 is 0. The molecule has 0 aliphatic rings. The summed E-state index contributed by atoms with van der Waals surface area (Å²) in [5.41, 5.74) is 0. The standard InChI is InChI=1S/C11H27NOSi2/c1-9-12-10(14(3,4)5)11(2,13)15(6,7)8/h13H,9H2,1-8H3. The molecule has 1 unspecified atom stereocenters. The summed E-state index contributed by atoms with van der Waals surface area (Å²) in [6.07, 6.45) is 0. The molecule has 1 atom stereocenters. The van der Waals surface area contributed by atoms with Crippen LogP contribution in [0.5, 0.6) is 0 Å². The maximum atomic E-state index is 10.7. The van der Waals surface area contributed by atoms with Gasteiger partial charge >= 0.3 is 0 Å². The van der Waals surface area contributed by atoms with Crippen molar-refractivity contribution < 1.29 is 5.11 Å². The second-order valence-corrected chi connectivity index (χ2v) is 16.8. The van der Waals surface area contributed by atoms with E-state index in [0.717, 1.165) is 11.9 Å². The second-order valence-electron chi connectivity index (χ2n) is 6.40. The molecule has 0 bridgehead atoms. The highest BCUT2D eigenvalue weighted by Gasteiger charge is 2.45. The molecule has 0 aromatic carbocycles. The summed E-state index contributed by atoms with van der Waals surface area (Å²) in [5, 5.41) is 11.2. The lowest BCUT2D eigenvalue weighted by atomic mass is 10.4. The smallest absolute Gasteiger partial charge is 0.0987 e. The number of hydrogen-bond acceptors (Lipinski definition) is 2. The van der Waals surface area contributed by atoms with Gasteiger partial charge in [0.15, 0.2) is 0 Å². The zero-order valence-electron chi connectivity index (χ0n) is 11.6. The Balaban J connectivity index is 5.39. The first-order valence-electron chi connectivity index (χ1n) is 5.72. The fourth-order valence-corrected chi connectivity index (χ4v) is 6.77. The molecule has 0 spiro atoms. The summed E-state index contributed by atoms with van der Waals surface area (Å²) in [4.78, 5) is 4.60. The van der Waals surface area contributed by atoms with Gasteiger partial charge in [0.25, 0.3) is 0 Å². The zero-order valence-corrected chi connectivity index (χ0v) is 13.6. The van der Waals surface area contributed by atoms with Gasteiger partial charge in [-0.3, -0.25) is 4.99 Å². The molecule has 0 amide bonds. The molecule has 0 saturated carbocycles. The van der Waals surface area contributed by atoms with Crippen LogP contribution in [0, 0.1) is 0 Å². The number of nitrogens with zero attached hydrogens (tertiary/aromatic N) is 1. The van der Waals surface area contributed by atoms with E-state index in [1.807, 2.05) is 13.8 Å². The van der Waals surface area contributed by atoms with E-state index in [2.05, 4.69) is 44.3 Å². The minimum Gasteiger partial charge on any atom is -0.388 e. The Labute approximate surface area is 96.8 Å². The molecule has 0 rings (SSSR count). The minimum atomic E-state index is -1.64. The lowest BCUT2D eigenvalue weighted by Gasteiger charge is -2.41. The van der Waals surface area contributed by atoms with E-state index < -0.39 is 21.4 Å². The van der Waals surface area contributed by atoms with Crippen LogP contribution in [0.2, 0.25) is 39.3 Å². The molecule has 0 aliphatic heterocycles. The van der Waals surface area contributed by atoms with Crippen molar-refractivity contribution in [2.75, 3.05) is 6.54 Å². The predicted octanol–water partition coefficient (Wildman–Crippen LogP) is 2.95. The van der Waals surface area contributed by atoms with Crippen LogP contribution in [0.4, 0.5) is 0 Å². The van der Waals surface area contributed by atoms with E-state index in [1.54, 1.807) is 0 Å². The van der Waals surface area contributed by atoms with Gasteiger partial charge in [0, 0.05) is 11.9 Å². The van der Waals surface area contributed by atoms with Gasteiger partial charge in [-0.1, -0.05) is 39.3 Å². The molecule has 0 aliphatic carbocycles. The average Bonchev–Trinajstić information content (AvgIpc) is 1.95. The molecule has 0 radical (unpaired) electrons. The topological polar surface area (TPSA) is 32.6 Å². The van der Waals surface area contributed by atoms with Gasteiger partial charge in [-0.05, 0) is 13.8 Å². The summed E-state index contributed by atoms with van der Waals surface area (Å²) in [7, 11) is -3.15. The molecule has 0 aromatic heterocycles. The lowest BCUT2D eigenvalue weighted by molar-refractivity contribution is 0.209.